The molecule has 1 fully saturated rings. The average molecular weight is 405 g/mol. The van der Waals surface area contributed by atoms with Crippen LogP contribution < -0.4 is 9.47 Å². The molecule has 0 amide bonds. The van der Waals surface area contributed by atoms with Crippen molar-refractivity contribution in [3.05, 3.63) is 71.8 Å². The Morgan fingerprint density at radius 3 is 1.63 bits per heavy atom. The van der Waals surface area contributed by atoms with E-state index in [-0.39, 0.29) is 11.6 Å². The number of rotatable bonds is 8. The zero-order valence-electron chi connectivity index (χ0n) is 17.6. The molecule has 0 N–H and O–H groups in total. The van der Waals surface area contributed by atoms with Crippen LogP contribution in [0.5, 0.6) is 11.5 Å². The molecule has 156 valence electrons. The quantitative estimate of drug-likeness (QED) is 0.544. The lowest BCUT2D eigenvalue weighted by molar-refractivity contribution is -0.143. The molecule has 0 spiro atoms. The van der Waals surface area contributed by atoms with Gasteiger partial charge in [0.05, 0.1) is 19.6 Å². The van der Waals surface area contributed by atoms with Gasteiger partial charge in [-0.15, -0.1) is 0 Å². The maximum Gasteiger partial charge on any atom is 0.147 e. The summed E-state index contributed by atoms with van der Waals surface area (Å²) in [5, 5.41) is 0. The van der Waals surface area contributed by atoms with E-state index in [1.165, 1.54) is 0 Å². The first kappa shape index (κ1) is 21.6. The van der Waals surface area contributed by atoms with Gasteiger partial charge in [-0.05, 0) is 31.4 Å². The minimum absolute atomic E-state index is 0.0353. The van der Waals surface area contributed by atoms with Gasteiger partial charge in [-0.2, -0.15) is 0 Å². The highest BCUT2D eigenvalue weighted by molar-refractivity contribution is 6.09. The molecule has 4 nitrogen and oxygen atoms in total. The van der Waals surface area contributed by atoms with Crippen molar-refractivity contribution in [1.29, 1.82) is 0 Å². The minimum atomic E-state index is -0.991. The molecule has 0 aliphatic heterocycles. The molecule has 0 unspecified atom stereocenters. The van der Waals surface area contributed by atoms with Crippen LogP contribution in [0, 0.1) is 5.41 Å². The molecule has 1 aliphatic carbocycles. The number of hydrogen-bond acceptors (Lipinski definition) is 4. The van der Waals surface area contributed by atoms with E-state index in [1.807, 2.05) is 72.8 Å². The second kappa shape index (κ2) is 10.1. The van der Waals surface area contributed by atoms with E-state index >= 15 is 0 Å². The van der Waals surface area contributed by atoms with Crippen molar-refractivity contribution in [1.82, 2.24) is 0 Å². The summed E-state index contributed by atoms with van der Waals surface area (Å²) in [7, 11) is 3.26. The fourth-order valence-corrected chi connectivity index (χ4v) is 3.96. The summed E-state index contributed by atoms with van der Waals surface area (Å²) < 4.78 is 10.8. The number of ether oxygens (including phenoxy) is 2. The Kier molecular flexibility index (Phi) is 7.23. The summed E-state index contributed by atoms with van der Waals surface area (Å²) in [6.45, 7) is 0. The zero-order valence-corrected chi connectivity index (χ0v) is 17.6. The topological polar surface area (TPSA) is 52.6 Å². The normalized spacial score (nSPS) is 16.3. The van der Waals surface area contributed by atoms with Crippen LogP contribution in [0.1, 0.15) is 43.2 Å². The van der Waals surface area contributed by atoms with Crippen LogP contribution in [-0.2, 0) is 9.59 Å². The van der Waals surface area contributed by atoms with Gasteiger partial charge in [-0.25, -0.2) is 0 Å². The van der Waals surface area contributed by atoms with Gasteiger partial charge in [-0.1, -0.05) is 60.7 Å². The molecule has 4 heteroatoms. The summed E-state index contributed by atoms with van der Waals surface area (Å²) in [5.41, 5.74) is 0.862. The highest BCUT2D eigenvalue weighted by Crippen LogP contribution is 2.38. The van der Waals surface area contributed by atoms with Gasteiger partial charge in [0.25, 0.3) is 0 Å². The number of Topliss-reactive ketones (excluding diaryl/α,β-unsaturated/α-hetero) is 2. The Hall–Kier alpha value is -3.14. The van der Waals surface area contributed by atoms with Crippen molar-refractivity contribution in [3.63, 3.8) is 0 Å². The van der Waals surface area contributed by atoms with Crippen LogP contribution in [-0.4, -0.2) is 25.8 Å². The standard InChI is InChI=1S/C26H28O4/c1-29-22-14-5-3-10-20(22)12-8-18-26(24(27)16-7-17-25(26)28)19-9-13-21-11-4-6-15-23(21)30-2/h3-6,8-15H,7,16-19H2,1-2H3/b12-8+,13-9+. The van der Waals surface area contributed by atoms with Gasteiger partial charge in [0.2, 0.25) is 0 Å². The smallest absolute Gasteiger partial charge is 0.147 e. The van der Waals surface area contributed by atoms with Gasteiger partial charge >= 0.3 is 0 Å². The largest absolute Gasteiger partial charge is 0.496 e. The van der Waals surface area contributed by atoms with Crippen molar-refractivity contribution in [2.45, 2.75) is 32.1 Å². The maximum absolute atomic E-state index is 12.9. The van der Waals surface area contributed by atoms with Gasteiger partial charge in [0, 0.05) is 24.0 Å². The molecule has 30 heavy (non-hydrogen) atoms. The van der Waals surface area contributed by atoms with Crippen LogP contribution in [0.4, 0.5) is 0 Å². The minimum Gasteiger partial charge on any atom is -0.496 e. The van der Waals surface area contributed by atoms with Crippen molar-refractivity contribution >= 4 is 23.7 Å². The molecule has 0 radical (unpaired) electrons. The fourth-order valence-electron chi connectivity index (χ4n) is 3.96. The van der Waals surface area contributed by atoms with Gasteiger partial charge in [0.15, 0.2) is 0 Å². The lowest BCUT2D eigenvalue weighted by atomic mass is 9.67. The van der Waals surface area contributed by atoms with Crippen LogP contribution in [0.25, 0.3) is 12.2 Å². The Morgan fingerprint density at radius 2 is 1.20 bits per heavy atom. The van der Waals surface area contributed by atoms with Crippen LogP contribution in [0.3, 0.4) is 0 Å². The Bertz CT molecular complexity index is 878. The molecule has 2 aromatic carbocycles. The number of hydrogen-bond donors (Lipinski definition) is 0. The Morgan fingerprint density at radius 1 is 0.767 bits per heavy atom. The average Bonchev–Trinajstić information content (AvgIpc) is 2.77. The molecule has 1 saturated carbocycles. The molecule has 0 saturated heterocycles. The number of carbonyl (C=O) groups is 2. The molecule has 0 bridgehead atoms. The first-order valence-corrected chi connectivity index (χ1v) is 10.3. The number of allylic oxidation sites excluding steroid dienone is 2. The summed E-state index contributed by atoms with van der Waals surface area (Å²) in [4.78, 5) is 25.8. The Balaban J connectivity index is 1.83. The summed E-state index contributed by atoms with van der Waals surface area (Å²) in [5.74, 6) is 1.60. The van der Waals surface area contributed by atoms with E-state index in [9.17, 15) is 9.59 Å². The monoisotopic (exact) mass is 404 g/mol. The molecule has 1 aliphatic rings. The predicted molar refractivity (Wildman–Crippen MR) is 120 cm³/mol. The lowest BCUT2D eigenvalue weighted by Crippen LogP contribution is -2.41. The Labute approximate surface area is 178 Å². The molecule has 0 aromatic heterocycles. The first-order chi connectivity index (χ1) is 14.6. The second-order valence-electron chi connectivity index (χ2n) is 7.48. The van der Waals surface area contributed by atoms with Gasteiger partial charge < -0.3 is 9.47 Å². The van der Waals surface area contributed by atoms with E-state index in [0.29, 0.717) is 32.1 Å². The third-order valence-corrected chi connectivity index (χ3v) is 5.68. The molecule has 0 heterocycles. The zero-order chi connectivity index (χ0) is 21.4. The number of carbonyl (C=O) groups excluding carboxylic acids is 2. The molecular weight excluding hydrogens is 376 g/mol. The third-order valence-electron chi connectivity index (χ3n) is 5.68. The predicted octanol–water partition coefficient (Wildman–Crippen LogP) is 5.52. The number of benzene rings is 2. The molecule has 3 rings (SSSR count). The van der Waals surface area contributed by atoms with E-state index in [2.05, 4.69) is 0 Å². The molecule has 2 aromatic rings. The summed E-state index contributed by atoms with van der Waals surface area (Å²) >= 11 is 0. The van der Waals surface area contributed by atoms with Crippen molar-refractivity contribution in [2.24, 2.45) is 5.41 Å². The molecule has 0 atom stereocenters. The summed E-state index contributed by atoms with van der Waals surface area (Å²) in [6, 6.07) is 15.4. The number of methoxy groups -OCH3 is 2. The summed E-state index contributed by atoms with van der Waals surface area (Å²) in [6.07, 6.45) is 10.0. The number of ketones is 2. The van der Waals surface area contributed by atoms with Gasteiger partial charge in [0.1, 0.15) is 23.1 Å². The van der Waals surface area contributed by atoms with E-state index < -0.39 is 5.41 Å². The molecular formula is C26H28O4. The third kappa shape index (κ3) is 4.70. The lowest BCUT2D eigenvalue weighted by Gasteiger charge is -2.32. The van der Waals surface area contributed by atoms with Gasteiger partial charge in [-0.3, -0.25) is 9.59 Å². The van der Waals surface area contributed by atoms with E-state index in [4.69, 9.17) is 9.47 Å². The van der Waals surface area contributed by atoms with Crippen molar-refractivity contribution < 1.29 is 19.1 Å². The maximum atomic E-state index is 12.9. The van der Waals surface area contributed by atoms with Crippen LogP contribution >= 0.6 is 0 Å². The van der Waals surface area contributed by atoms with Crippen LogP contribution in [0.2, 0.25) is 0 Å². The first-order valence-electron chi connectivity index (χ1n) is 10.3. The van der Waals surface area contributed by atoms with Crippen molar-refractivity contribution in [2.75, 3.05) is 14.2 Å². The van der Waals surface area contributed by atoms with Crippen LogP contribution in [0.15, 0.2) is 60.7 Å². The van der Waals surface area contributed by atoms with E-state index in [1.54, 1.807) is 14.2 Å². The number of para-hydroxylation sites is 2. The SMILES string of the molecule is COc1ccccc1/C=C/CC1(C/C=C/c2ccccc2OC)C(=O)CCCC1=O. The van der Waals surface area contributed by atoms with Crippen molar-refractivity contribution in [3.8, 4) is 11.5 Å². The highest BCUT2D eigenvalue weighted by Gasteiger charge is 2.44. The second-order valence-corrected chi connectivity index (χ2v) is 7.48. The highest BCUT2D eigenvalue weighted by atomic mass is 16.5. The van der Waals surface area contributed by atoms with E-state index in [0.717, 1.165) is 22.6 Å². The fraction of sp³-hybridized carbons (Fsp3) is 0.308.